The van der Waals surface area contributed by atoms with Crippen molar-refractivity contribution in [3.63, 3.8) is 0 Å². The first-order valence-electron chi connectivity index (χ1n) is 6.22. The van der Waals surface area contributed by atoms with Gasteiger partial charge in [0, 0.05) is 6.10 Å². The van der Waals surface area contributed by atoms with Gasteiger partial charge >= 0.3 is 0 Å². The largest absolute Gasteiger partial charge is 0.414 e. The molecule has 4 heteroatoms. The zero-order valence-electron chi connectivity index (χ0n) is 10.6. The molecule has 1 atom stereocenters. The summed E-state index contributed by atoms with van der Waals surface area (Å²) in [6.45, 7) is 8.14. The molecule has 0 aromatic carbocycles. The van der Waals surface area contributed by atoms with E-state index in [1.54, 1.807) is 0 Å². The molecular weight excluding hydrogens is 204 g/mol. The molecule has 4 N–H and O–H groups in total. The Morgan fingerprint density at radius 2 is 1.73 bits per heavy atom. The van der Waals surface area contributed by atoms with Crippen molar-refractivity contribution in [2.45, 2.75) is 57.8 Å². The molecule has 0 bridgehead atoms. The molecule has 0 aliphatic carbocycles. The van der Waals surface area contributed by atoms with Crippen LogP contribution in [0.2, 0.25) is 18.1 Å². The summed E-state index contributed by atoms with van der Waals surface area (Å²) in [5, 5.41) is 0. The van der Waals surface area contributed by atoms with Gasteiger partial charge < -0.3 is 15.9 Å². The van der Waals surface area contributed by atoms with Crippen molar-refractivity contribution in [3.8, 4) is 0 Å². The van der Waals surface area contributed by atoms with E-state index >= 15 is 0 Å². The van der Waals surface area contributed by atoms with Crippen LogP contribution >= 0.6 is 0 Å². The van der Waals surface area contributed by atoms with Crippen LogP contribution in [-0.2, 0) is 4.43 Å². The standard InChI is InChI=1S/C11H28N2OSi/c1-4-15(5-2,10-6-8-12)14-11(3)7-9-13/h11H,4-10,12-13H2,1-3H3. The summed E-state index contributed by atoms with van der Waals surface area (Å²) in [6.07, 6.45) is 2.39. The molecule has 0 fully saturated rings. The molecule has 15 heavy (non-hydrogen) atoms. The van der Waals surface area contributed by atoms with Gasteiger partial charge in [-0.3, -0.25) is 0 Å². The minimum Gasteiger partial charge on any atom is -0.414 e. The van der Waals surface area contributed by atoms with Crippen molar-refractivity contribution in [2.75, 3.05) is 13.1 Å². The van der Waals surface area contributed by atoms with Gasteiger partial charge in [0.1, 0.15) is 0 Å². The Morgan fingerprint density at radius 1 is 1.13 bits per heavy atom. The minimum atomic E-state index is -1.50. The van der Waals surface area contributed by atoms with Crippen molar-refractivity contribution in [1.29, 1.82) is 0 Å². The molecular formula is C11H28N2OSi. The maximum absolute atomic E-state index is 6.28. The number of hydrogen-bond donors (Lipinski definition) is 2. The highest BCUT2D eigenvalue weighted by atomic mass is 28.4. The first kappa shape index (κ1) is 15.1. The van der Waals surface area contributed by atoms with Gasteiger partial charge in [-0.2, -0.15) is 0 Å². The molecule has 3 nitrogen and oxygen atoms in total. The first-order valence-corrected chi connectivity index (χ1v) is 8.75. The van der Waals surface area contributed by atoms with Gasteiger partial charge in [-0.1, -0.05) is 13.8 Å². The van der Waals surface area contributed by atoms with Gasteiger partial charge in [-0.25, -0.2) is 0 Å². The fraction of sp³-hybridized carbons (Fsp3) is 1.00. The SMILES string of the molecule is CC[Si](CC)(CCCN)OC(C)CCN. The van der Waals surface area contributed by atoms with E-state index in [0.717, 1.165) is 25.9 Å². The summed E-state index contributed by atoms with van der Waals surface area (Å²) in [6, 6.07) is 3.59. The van der Waals surface area contributed by atoms with E-state index in [0.29, 0.717) is 6.10 Å². The Bertz CT molecular complexity index is 152. The molecule has 0 saturated heterocycles. The van der Waals surface area contributed by atoms with E-state index in [9.17, 15) is 0 Å². The molecule has 0 spiro atoms. The van der Waals surface area contributed by atoms with E-state index < -0.39 is 8.32 Å². The average molecular weight is 232 g/mol. The Morgan fingerprint density at radius 3 is 2.13 bits per heavy atom. The predicted octanol–water partition coefficient (Wildman–Crippen LogP) is 2.07. The van der Waals surface area contributed by atoms with Crippen LogP contribution in [0.25, 0.3) is 0 Å². The highest BCUT2D eigenvalue weighted by molar-refractivity contribution is 6.73. The maximum Gasteiger partial charge on any atom is 0.192 e. The number of rotatable bonds is 9. The lowest BCUT2D eigenvalue weighted by Gasteiger charge is -2.32. The summed E-state index contributed by atoms with van der Waals surface area (Å²) in [4.78, 5) is 0. The van der Waals surface area contributed by atoms with Crippen molar-refractivity contribution in [2.24, 2.45) is 11.5 Å². The third-order valence-corrected chi connectivity index (χ3v) is 7.89. The molecule has 1 unspecified atom stereocenters. The van der Waals surface area contributed by atoms with Crippen LogP contribution in [0.3, 0.4) is 0 Å². The van der Waals surface area contributed by atoms with Crippen molar-refractivity contribution in [1.82, 2.24) is 0 Å². The van der Waals surface area contributed by atoms with Crippen LogP contribution in [0.1, 0.15) is 33.6 Å². The second-order valence-corrected chi connectivity index (χ2v) is 8.80. The quantitative estimate of drug-likeness (QED) is 0.598. The Kier molecular flexibility index (Phi) is 8.33. The van der Waals surface area contributed by atoms with Crippen LogP contribution in [0, 0.1) is 0 Å². The van der Waals surface area contributed by atoms with Crippen molar-refractivity contribution in [3.05, 3.63) is 0 Å². The topological polar surface area (TPSA) is 61.3 Å². The Labute approximate surface area is 95.7 Å². The predicted molar refractivity (Wildman–Crippen MR) is 69.4 cm³/mol. The average Bonchev–Trinajstić information content (AvgIpc) is 2.25. The van der Waals surface area contributed by atoms with E-state index in [1.165, 1.54) is 18.1 Å². The van der Waals surface area contributed by atoms with E-state index in [1.807, 2.05) is 0 Å². The summed E-state index contributed by atoms with van der Waals surface area (Å²) in [5.74, 6) is 0. The normalized spacial score (nSPS) is 14.2. The van der Waals surface area contributed by atoms with Crippen LogP contribution in [0.15, 0.2) is 0 Å². The maximum atomic E-state index is 6.28. The van der Waals surface area contributed by atoms with Crippen LogP contribution in [0.4, 0.5) is 0 Å². The van der Waals surface area contributed by atoms with Gasteiger partial charge in [0.2, 0.25) is 0 Å². The molecule has 0 saturated carbocycles. The molecule has 0 heterocycles. The highest BCUT2D eigenvalue weighted by Gasteiger charge is 2.31. The highest BCUT2D eigenvalue weighted by Crippen LogP contribution is 2.25. The lowest BCUT2D eigenvalue weighted by Crippen LogP contribution is -2.40. The molecule has 0 amide bonds. The summed E-state index contributed by atoms with van der Waals surface area (Å²) >= 11 is 0. The Balaban J connectivity index is 4.21. The van der Waals surface area contributed by atoms with E-state index in [-0.39, 0.29) is 0 Å². The molecule has 0 aromatic rings. The van der Waals surface area contributed by atoms with Gasteiger partial charge in [0.25, 0.3) is 0 Å². The Hall–Kier alpha value is 0.0969. The molecule has 0 aliphatic rings. The van der Waals surface area contributed by atoms with Gasteiger partial charge in [-0.05, 0) is 51.0 Å². The summed E-state index contributed by atoms with van der Waals surface area (Å²) < 4.78 is 6.28. The van der Waals surface area contributed by atoms with Crippen LogP contribution < -0.4 is 11.5 Å². The fourth-order valence-corrected chi connectivity index (χ4v) is 5.45. The molecule has 0 radical (unpaired) electrons. The van der Waals surface area contributed by atoms with E-state index in [2.05, 4.69) is 20.8 Å². The smallest absolute Gasteiger partial charge is 0.192 e. The molecule has 92 valence electrons. The lowest BCUT2D eigenvalue weighted by atomic mass is 10.3. The fourth-order valence-electron chi connectivity index (χ4n) is 1.97. The monoisotopic (exact) mass is 232 g/mol. The van der Waals surface area contributed by atoms with Gasteiger partial charge in [0.05, 0.1) is 0 Å². The van der Waals surface area contributed by atoms with E-state index in [4.69, 9.17) is 15.9 Å². The second-order valence-electron chi connectivity index (χ2n) is 4.29. The van der Waals surface area contributed by atoms with Gasteiger partial charge in [0.15, 0.2) is 8.32 Å². The van der Waals surface area contributed by atoms with Crippen LogP contribution in [-0.4, -0.2) is 27.5 Å². The second kappa shape index (κ2) is 8.27. The van der Waals surface area contributed by atoms with Gasteiger partial charge in [-0.15, -0.1) is 0 Å². The summed E-state index contributed by atoms with van der Waals surface area (Å²) in [5.41, 5.74) is 11.1. The lowest BCUT2D eigenvalue weighted by molar-refractivity contribution is 0.197. The molecule has 0 aliphatic heterocycles. The third kappa shape index (κ3) is 5.66. The van der Waals surface area contributed by atoms with Crippen molar-refractivity contribution >= 4 is 8.32 Å². The third-order valence-electron chi connectivity index (χ3n) is 3.15. The van der Waals surface area contributed by atoms with Crippen molar-refractivity contribution < 1.29 is 4.43 Å². The number of nitrogens with two attached hydrogens (primary N) is 2. The first-order chi connectivity index (χ1) is 7.14. The summed E-state index contributed by atoms with van der Waals surface area (Å²) in [7, 11) is -1.50. The zero-order valence-corrected chi connectivity index (χ0v) is 11.6. The minimum absolute atomic E-state index is 0.319. The molecule has 0 aromatic heterocycles. The zero-order chi connectivity index (χ0) is 11.7. The number of hydrogen-bond acceptors (Lipinski definition) is 3. The molecule has 0 rings (SSSR count). The van der Waals surface area contributed by atoms with Crippen LogP contribution in [0.5, 0.6) is 0 Å².